The van der Waals surface area contributed by atoms with E-state index in [4.69, 9.17) is 9.84 Å². The number of para-hydroxylation sites is 1. The van der Waals surface area contributed by atoms with Gasteiger partial charge in [0.25, 0.3) is 0 Å². The van der Waals surface area contributed by atoms with Crippen molar-refractivity contribution in [1.29, 1.82) is 0 Å². The molecule has 3 nitrogen and oxygen atoms in total. The predicted octanol–water partition coefficient (Wildman–Crippen LogP) is 4.18. The lowest BCUT2D eigenvalue weighted by molar-refractivity contribution is -0.131. The Bertz CT molecular complexity index is 620. The van der Waals surface area contributed by atoms with Crippen LogP contribution < -0.4 is 4.74 Å². The number of ether oxygens (including phenoxy) is 1. The highest BCUT2D eigenvalue weighted by atomic mass is 127. The zero-order valence-electron chi connectivity index (χ0n) is 9.92. The molecule has 0 heterocycles. The second-order valence-electron chi connectivity index (χ2n) is 3.77. The third-order valence-corrected chi connectivity index (χ3v) is 3.02. The maximum Gasteiger partial charge on any atom is 0.328 e. The van der Waals surface area contributed by atoms with Crippen LogP contribution in [0, 0.1) is 3.57 Å². The van der Waals surface area contributed by atoms with Gasteiger partial charge in [-0.2, -0.15) is 0 Å². The minimum Gasteiger partial charge on any atom is -0.478 e. The lowest BCUT2D eigenvalue weighted by Gasteiger charge is -2.08. The number of benzene rings is 2. The van der Waals surface area contributed by atoms with Crippen molar-refractivity contribution in [3.8, 4) is 11.5 Å². The van der Waals surface area contributed by atoms with E-state index < -0.39 is 5.97 Å². The Morgan fingerprint density at radius 2 is 1.95 bits per heavy atom. The van der Waals surface area contributed by atoms with Crippen LogP contribution in [0.5, 0.6) is 11.5 Å². The summed E-state index contributed by atoms with van der Waals surface area (Å²) in [5.74, 6) is 0.370. The zero-order chi connectivity index (χ0) is 13.7. The van der Waals surface area contributed by atoms with Crippen molar-refractivity contribution < 1.29 is 14.6 Å². The molecule has 0 amide bonds. The van der Waals surface area contributed by atoms with Crippen LogP contribution in [0.2, 0.25) is 0 Å². The molecule has 0 radical (unpaired) electrons. The largest absolute Gasteiger partial charge is 0.478 e. The number of carboxylic acid groups (broad SMARTS) is 1. The maximum absolute atomic E-state index is 10.6. The fourth-order valence-corrected chi connectivity index (χ4v) is 2.04. The summed E-state index contributed by atoms with van der Waals surface area (Å²) in [6.07, 6.45) is 2.61. The molecule has 19 heavy (non-hydrogen) atoms. The van der Waals surface area contributed by atoms with Gasteiger partial charge in [-0.15, -0.1) is 0 Å². The first-order chi connectivity index (χ1) is 9.15. The number of hydrogen-bond donors (Lipinski definition) is 1. The third-order valence-electron chi connectivity index (χ3n) is 2.35. The van der Waals surface area contributed by atoms with Gasteiger partial charge in [0.05, 0.1) is 0 Å². The molecule has 2 aromatic carbocycles. The standard InChI is InChI=1S/C15H11IO3/c16-12-5-3-6-13(10-12)19-14-7-2-1-4-11(14)8-9-15(17)18/h1-10H,(H,17,18)/b9-8+. The van der Waals surface area contributed by atoms with E-state index in [9.17, 15) is 4.79 Å². The van der Waals surface area contributed by atoms with E-state index in [0.717, 1.165) is 21.0 Å². The lowest BCUT2D eigenvalue weighted by Crippen LogP contribution is -1.89. The summed E-state index contributed by atoms with van der Waals surface area (Å²) in [5.41, 5.74) is 0.726. The van der Waals surface area contributed by atoms with E-state index in [0.29, 0.717) is 5.75 Å². The monoisotopic (exact) mass is 366 g/mol. The molecular weight excluding hydrogens is 355 g/mol. The van der Waals surface area contributed by atoms with Gasteiger partial charge in [-0.05, 0) is 52.9 Å². The highest BCUT2D eigenvalue weighted by molar-refractivity contribution is 14.1. The van der Waals surface area contributed by atoms with Gasteiger partial charge in [-0.3, -0.25) is 0 Å². The summed E-state index contributed by atoms with van der Waals surface area (Å²) in [6, 6.07) is 15.0. The van der Waals surface area contributed by atoms with Gasteiger partial charge in [0.1, 0.15) is 11.5 Å². The van der Waals surface area contributed by atoms with E-state index in [1.165, 1.54) is 6.08 Å². The topological polar surface area (TPSA) is 46.5 Å². The Morgan fingerprint density at radius 3 is 2.68 bits per heavy atom. The third kappa shape index (κ3) is 4.10. The molecule has 4 heteroatoms. The first kappa shape index (κ1) is 13.6. The number of rotatable bonds is 4. The summed E-state index contributed by atoms with van der Waals surface area (Å²) in [4.78, 5) is 10.6. The molecule has 0 bridgehead atoms. The molecule has 0 atom stereocenters. The first-order valence-corrected chi connectivity index (χ1v) is 6.66. The zero-order valence-corrected chi connectivity index (χ0v) is 12.1. The Hall–Kier alpha value is -1.82. The molecule has 1 N–H and O–H groups in total. The molecule has 2 rings (SSSR count). The smallest absolute Gasteiger partial charge is 0.328 e. The number of carboxylic acids is 1. The fraction of sp³-hybridized carbons (Fsp3) is 0. The minimum absolute atomic E-state index is 0.627. The SMILES string of the molecule is O=C(O)/C=C/c1ccccc1Oc1cccc(I)c1. The van der Waals surface area contributed by atoms with Crippen molar-refractivity contribution in [1.82, 2.24) is 0 Å². The Morgan fingerprint density at radius 1 is 1.16 bits per heavy atom. The molecule has 0 aliphatic carbocycles. The quantitative estimate of drug-likeness (QED) is 0.652. The highest BCUT2D eigenvalue weighted by Gasteiger charge is 2.02. The van der Waals surface area contributed by atoms with Gasteiger partial charge in [0, 0.05) is 15.2 Å². The summed E-state index contributed by atoms with van der Waals surface area (Å²) in [5, 5.41) is 8.66. The van der Waals surface area contributed by atoms with Gasteiger partial charge in [0.15, 0.2) is 0 Å². The number of carbonyl (C=O) groups is 1. The molecule has 0 unspecified atom stereocenters. The highest BCUT2D eigenvalue weighted by Crippen LogP contribution is 2.27. The first-order valence-electron chi connectivity index (χ1n) is 5.58. The van der Waals surface area contributed by atoms with Crippen LogP contribution in [-0.4, -0.2) is 11.1 Å². The van der Waals surface area contributed by atoms with Crippen LogP contribution in [0.1, 0.15) is 5.56 Å². The van der Waals surface area contributed by atoms with Crippen LogP contribution >= 0.6 is 22.6 Å². The van der Waals surface area contributed by atoms with Crippen LogP contribution in [0.25, 0.3) is 6.08 Å². The second-order valence-corrected chi connectivity index (χ2v) is 5.01. The molecule has 0 spiro atoms. The predicted molar refractivity (Wildman–Crippen MR) is 82.3 cm³/mol. The normalized spacial score (nSPS) is 10.6. The number of aliphatic carboxylic acids is 1. The van der Waals surface area contributed by atoms with Gasteiger partial charge in [-0.1, -0.05) is 24.3 Å². The fourth-order valence-electron chi connectivity index (χ4n) is 1.53. The minimum atomic E-state index is -0.982. The molecule has 0 aliphatic rings. The maximum atomic E-state index is 10.6. The summed E-state index contributed by atoms with van der Waals surface area (Å²) < 4.78 is 6.85. The van der Waals surface area contributed by atoms with Crippen LogP contribution in [0.15, 0.2) is 54.6 Å². The van der Waals surface area contributed by atoms with Crippen LogP contribution in [0.3, 0.4) is 0 Å². The van der Waals surface area contributed by atoms with Crippen molar-refractivity contribution in [2.45, 2.75) is 0 Å². The van der Waals surface area contributed by atoms with E-state index in [2.05, 4.69) is 22.6 Å². The molecule has 96 valence electrons. The average Bonchev–Trinajstić information content (AvgIpc) is 2.38. The molecular formula is C15H11IO3. The van der Waals surface area contributed by atoms with E-state index in [-0.39, 0.29) is 0 Å². The van der Waals surface area contributed by atoms with Crippen molar-refractivity contribution >= 4 is 34.6 Å². The molecule has 0 aliphatic heterocycles. The van der Waals surface area contributed by atoms with Crippen molar-refractivity contribution in [3.63, 3.8) is 0 Å². The van der Waals surface area contributed by atoms with Crippen molar-refractivity contribution in [3.05, 3.63) is 63.7 Å². The second kappa shape index (κ2) is 6.38. The molecule has 0 saturated heterocycles. The molecule has 2 aromatic rings. The van der Waals surface area contributed by atoms with Crippen molar-refractivity contribution in [2.75, 3.05) is 0 Å². The van der Waals surface area contributed by atoms with Gasteiger partial charge >= 0.3 is 5.97 Å². The average molecular weight is 366 g/mol. The molecule has 0 saturated carbocycles. The summed E-state index contributed by atoms with van der Waals surface area (Å²) in [7, 11) is 0. The Labute approximate surface area is 124 Å². The number of halogens is 1. The van der Waals surface area contributed by atoms with Crippen LogP contribution in [-0.2, 0) is 4.79 Å². The molecule has 0 fully saturated rings. The number of hydrogen-bond acceptors (Lipinski definition) is 2. The summed E-state index contributed by atoms with van der Waals surface area (Å²) in [6.45, 7) is 0. The van der Waals surface area contributed by atoms with Gasteiger partial charge in [0.2, 0.25) is 0 Å². The molecule has 0 aromatic heterocycles. The Balaban J connectivity index is 2.27. The van der Waals surface area contributed by atoms with Gasteiger partial charge < -0.3 is 9.84 Å². The van der Waals surface area contributed by atoms with Gasteiger partial charge in [-0.25, -0.2) is 4.79 Å². The Kier molecular flexibility index (Phi) is 4.57. The van der Waals surface area contributed by atoms with E-state index >= 15 is 0 Å². The van der Waals surface area contributed by atoms with E-state index in [1.807, 2.05) is 42.5 Å². The van der Waals surface area contributed by atoms with E-state index in [1.54, 1.807) is 6.07 Å². The lowest BCUT2D eigenvalue weighted by atomic mass is 10.2. The van der Waals surface area contributed by atoms with Crippen molar-refractivity contribution in [2.24, 2.45) is 0 Å². The summed E-state index contributed by atoms with van der Waals surface area (Å²) >= 11 is 2.21. The van der Waals surface area contributed by atoms with Crippen LogP contribution in [0.4, 0.5) is 0 Å².